The van der Waals surface area contributed by atoms with Crippen molar-refractivity contribution in [2.24, 2.45) is 0 Å². The van der Waals surface area contributed by atoms with Gasteiger partial charge in [0.25, 0.3) is 5.91 Å². The molecule has 2 aliphatic heterocycles. The van der Waals surface area contributed by atoms with Crippen molar-refractivity contribution in [1.29, 1.82) is 0 Å². The number of ether oxygens (including phenoxy) is 1. The second-order valence-electron chi connectivity index (χ2n) is 9.64. The van der Waals surface area contributed by atoms with Crippen LogP contribution < -0.4 is 9.64 Å². The first kappa shape index (κ1) is 22.4. The molecule has 0 unspecified atom stereocenters. The molecule has 0 aliphatic carbocycles. The SMILES string of the molecule is CCOc1ccc(N2C(=O)N3C[C@H](c4ccc(CC)cc4)c4c([nH]c5ccccc45)[C@@]3(C)C2=O)cc1. The highest BCUT2D eigenvalue weighted by Gasteiger charge is 2.60. The molecule has 0 saturated carbocycles. The summed E-state index contributed by atoms with van der Waals surface area (Å²) in [5.74, 6) is 0.411. The number of aromatic nitrogens is 1. The molecule has 1 fully saturated rings. The van der Waals surface area contributed by atoms with Crippen molar-refractivity contribution in [2.75, 3.05) is 18.1 Å². The van der Waals surface area contributed by atoms with Gasteiger partial charge in [-0.15, -0.1) is 0 Å². The fraction of sp³-hybridized carbons (Fsp3) is 0.267. The van der Waals surface area contributed by atoms with Gasteiger partial charge in [-0.25, -0.2) is 9.69 Å². The normalized spacial score (nSPS) is 21.1. The average Bonchev–Trinajstić information content (AvgIpc) is 3.39. The van der Waals surface area contributed by atoms with Crippen LogP contribution in [0.15, 0.2) is 72.8 Å². The third-order valence-corrected chi connectivity index (χ3v) is 7.72. The molecule has 0 radical (unpaired) electrons. The summed E-state index contributed by atoms with van der Waals surface area (Å²) in [4.78, 5) is 34.5. The summed E-state index contributed by atoms with van der Waals surface area (Å²) in [5, 5.41) is 1.10. The number of carbonyl (C=O) groups excluding carboxylic acids is 2. The van der Waals surface area contributed by atoms with Gasteiger partial charge in [0.15, 0.2) is 5.54 Å². The lowest BCUT2D eigenvalue weighted by atomic mass is 9.78. The number of aryl methyl sites for hydroxylation is 1. The van der Waals surface area contributed by atoms with Gasteiger partial charge in [0.05, 0.1) is 18.0 Å². The van der Waals surface area contributed by atoms with Crippen molar-refractivity contribution in [2.45, 2.75) is 38.6 Å². The quantitative estimate of drug-likeness (QED) is 0.359. The number of nitrogens with zero attached hydrogens (tertiary/aromatic N) is 2. The van der Waals surface area contributed by atoms with Gasteiger partial charge in [0.2, 0.25) is 0 Å². The van der Waals surface area contributed by atoms with Crippen LogP contribution in [0.3, 0.4) is 0 Å². The number of hydrogen-bond acceptors (Lipinski definition) is 3. The summed E-state index contributed by atoms with van der Waals surface area (Å²) < 4.78 is 5.55. The summed E-state index contributed by atoms with van der Waals surface area (Å²) in [6, 6.07) is 23.6. The number of nitrogens with one attached hydrogen (secondary N) is 1. The molecule has 0 bridgehead atoms. The van der Waals surface area contributed by atoms with Gasteiger partial charge in [-0.05, 0) is 67.3 Å². The zero-order chi connectivity index (χ0) is 25.0. The number of para-hydroxylation sites is 1. The van der Waals surface area contributed by atoms with Crippen LogP contribution in [0.1, 0.15) is 49.1 Å². The summed E-state index contributed by atoms with van der Waals surface area (Å²) in [6.45, 7) is 6.91. The maximum absolute atomic E-state index is 14.1. The Bertz CT molecular complexity index is 1470. The van der Waals surface area contributed by atoms with Gasteiger partial charge in [0, 0.05) is 23.4 Å². The van der Waals surface area contributed by atoms with Crippen molar-refractivity contribution < 1.29 is 14.3 Å². The Labute approximate surface area is 210 Å². The zero-order valence-corrected chi connectivity index (χ0v) is 20.7. The van der Waals surface area contributed by atoms with Crippen molar-refractivity contribution in [1.82, 2.24) is 9.88 Å². The number of amides is 3. The van der Waals surface area contributed by atoms with E-state index in [1.165, 1.54) is 10.5 Å². The second kappa shape index (κ2) is 8.26. The topological polar surface area (TPSA) is 65.6 Å². The van der Waals surface area contributed by atoms with Crippen LogP contribution in [0.4, 0.5) is 10.5 Å². The standard InChI is InChI=1S/C30H29N3O3/c1-4-19-10-12-20(13-11-19)24-18-32-29(35)33(21-14-16-22(17-15-21)36-5-2)28(34)30(32,3)27-26(24)23-8-6-7-9-25(23)31-27/h6-17,24,31H,4-5,18H2,1-3H3/t24-,30+/m1/s1. The fourth-order valence-electron chi connectivity index (χ4n) is 5.76. The van der Waals surface area contributed by atoms with E-state index < -0.39 is 5.54 Å². The van der Waals surface area contributed by atoms with E-state index in [0.29, 0.717) is 24.6 Å². The predicted molar refractivity (Wildman–Crippen MR) is 141 cm³/mol. The molecular weight excluding hydrogens is 450 g/mol. The Balaban J connectivity index is 1.50. The minimum absolute atomic E-state index is 0.0489. The molecule has 3 heterocycles. The van der Waals surface area contributed by atoms with E-state index in [-0.39, 0.29) is 17.9 Å². The van der Waals surface area contributed by atoms with Crippen LogP contribution in [0.25, 0.3) is 10.9 Å². The van der Waals surface area contributed by atoms with E-state index in [9.17, 15) is 9.59 Å². The summed E-state index contributed by atoms with van der Waals surface area (Å²) in [6.07, 6.45) is 0.970. The van der Waals surface area contributed by atoms with E-state index in [1.54, 1.807) is 29.2 Å². The average molecular weight is 480 g/mol. The third-order valence-electron chi connectivity index (χ3n) is 7.72. The number of anilines is 1. The highest BCUT2D eigenvalue weighted by Crippen LogP contribution is 2.50. The minimum atomic E-state index is -1.12. The third kappa shape index (κ3) is 3.10. The fourth-order valence-corrected chi connectivity index (χ4v) is 5.76. The first-order valence-electron chi connectivity index (χ1n) is 12.6. The van der Waals surface area contributed by atoms with E-state index in [0.717, 1.165) is 34.1 Å². The van der Waals surface area contributed by atoms with Crippen molar-refractivity contribution >= 4 is 28.5 Å². The van der Waals surface area contributed by atoms with Crippen LogP contribution in [0, 0.1) is 0 Å². The number of fused-ring (bicyclic) bond motifs is 5. The number of rotatable bonds is 5. The number of H-pyrrole nitrogens is 1. The van der Waals surface area contributed by atoms with E-state index in [1.807, 2.05) is 32.0 Å². The van der Waals surface area contributed by atoms with Gasteiger partial charge in [0.1, 0.15) is 5.75 Å². The molecule has 182 valence electrons. The van der Waals surface area contributed by atoms with Crippen LogP contribution in [-0.4, -0.2) is 35.0 Å². The maximum Gasteiger partial charge on any atom is 0.332 e. The van der Waals surface area contributed by atoms with Crippen molar-refractivity contribution in [3.63, 3.8) is 0 Å². The predicted octanol–water partition coefficient (Wildman–Crippen LogP) is 5.96. The highest BCUT2D eigenvalue weighted by molar-refractivity contribution is 6.23. The number of aromatic amines is 1. The Hall–Kier alpha value is -4.06. The Morgan fingerprint density at radius 1 is 0.972 bits per heavy atom. The molecule has 1 aromatic heterocycles. The summed E-state index contributed by atoms with van der Waals surface area (Å²) >= 11 is 0. The molecule has 2 atom stereocenters. The Morgan fingerprint density at radius 2 is 1.69 bits per heavy atom. The highest BCUT2D eigenvalue weighted by atomic mass is 16.5. The van der Waals surface area contributed by atoms with Gasteiger partial charge < -0.3 is 14.6 Å². The number of hydrogen-bond donors (Lipinski definition) is 1. The van der Waals surface area contributed by atoms with E-state index >= 15 is 0 Å². The van der Waals surface area contributed by atoms with Crippen LogP contribution >= 0.6 is 0 Å². The first-order chi connectivity index (χ1) is 17.5. The summed E-state index contributed by atoms with van der Waals surface area (Å²) in [5.41, 5.74) is 4.71. The van der Waals surface area contributed by atoms with Crippen LogP contribution in [0.2, 0.25) is 0 Å². The molecule has 0 spiro atoms. The number of imide groups is 1. The summed E-state index contributed by atoms with van der Waals surface area (Å²) in [7, 11) is 0. The molecule has 6 heteroatoms. The monoisotopic (exact) mass is 479 g/mol. The number of urea groups is 1. The van der Waals surface area contributed by atoms with E-state index in [4.69, 9.17) is 4.74 Å². The molecule has 1 N–H and O–H groups in total. The first-order valence-corrected chi connectivity index (χ1v) is 12.6. The van der Waals surface area contributed by atoms with Crippen molar-refractivity contribution in [3.8, 4) is 5.75 Å². The molecule has 36 heavy (non-hydrogen) atoms. The molecule has 1 saturated heterocycles. The molecule has 3 amide bonds. The zero-order valence-electron chi connectivity index (χ0n) is 20.7. The lowest BCUT2D eigenvalue weighted by molar-refractivity contribution is -0.125. The molecular formula is C30H29N3O3. The van der Waals surface area contributed by atoms with Gasteiger partial charge in [-0.1, -0.05) is 49.4 Å². The molecule has 3 aromatic carbocycles. The number of carbonyl (C=O) groups is 2. The Morgan fingerprint density at radius 3 is 2.39 bits per heavy atom. The lowest BCUT2D eigenvalue weighted by Gasteiger charge is -2.40. The Kier molecular flexibility index (Phi) is 5.14. The van der Waals surface area contributed by atoms with Gasteiger partial charge >= 0.3 is 6.03 Å². The lowest BCUT2D eigenvalue weighted by Crippen LogP contribution is -2.50. The smallest absolute Gasteiger partial charge is 0.332 e. The van der Waals surface area contributed by atoms with Crippen LogP contribution in [0.5, 0.6) is 5.75 Å². The van der Waals surface area contributed by atoms with Crippen molar-refractivity contribution in [3.05, 3.63) is 95.2 Å². The van der Waals surface area contributed by atoms with Crippen LogP contribution in [-0.2, 0) is 16.8 Å². The second-order valence-corrected chi connectivity index (χ2v) is 9.64. The molecule has 2 aliphatic rings. The largest absolute Gasteiger partial charge is 0.494 e. The van der Waals surface area contributed by atoms with Gasteiger partial charge in [-0.3, -0.25) is 4.79 Å². The molecule has 4 aromatic rings. The maximum atomic E-state index is 14.1. The molecule has 6 nitrogen and oxygen atoms in total. The minimum Gasteiger partial charge on any atom is -0.494 e. The van der Waals surface area contributed by atoms with E-state index in [2.05, 4.69) is 42.2 Å². The molecule has 6 rings (SSSR count). The number of benzene rings is 3. The van der Waals surface area contributed by atoms with Gasteiger partial charge in [-0.2, -0.15) is 0 Å².